The molecule has 31 heavy (non-hydrogen) atoms. The first-order chi connectivity index (χ1) is 15.1. The molecule has 1 amide bonds. The molecule has 0 saturated carbocycles. The third-order valence-corrected chi connectivity index (χ3v) is 7.50. The summed E-state index contributed by atoms with van der Waals surface area (Å²) in [6.45, 7) is 5.73. The van der Waals surface area contributed by atoms with Crippen molar-refractivity contribution in [2.24, 2.45) is 5.92 Å². The van der Waals surface area contributed by atoms with Gasteiger partial charge >= 0.3 is 0 Å². The molecular formula is C25H31N3O2S. The number of hydrogen-bond donors (Lipinski definition) is 1. The summed E-state index contributed by atoms with van der Waals surface area (Å²) in [4.78, 5) is 27.6. The van der Waals surface area contributed by atoms with Gasteiger partial charge in [0, 0.05) is 6.54 Å². The second-order valence-corrected chi connectivity index (χ2v) is 9.53. The Morgan fingerprint density at radius 2 is 1.81 bits per heavy atom. The molecule has 1 aliphatic heterocycles. The Labute approximate surface area is 187 Å². The lowest BCUT2D eigenvalue weighted by atomic mass is 9.90. The maximum absolute atomic E-state index is 12.6. The molecule has 1 fully saturated rings. The van der Waals surface area contributed by atoms with Gasteiger partial charge in [-0.3, -0.25) is 13.5 Å². The molecule has 164 valence electrons. The van der Waals surface area contributed by atoms with Crippen molar-refractivity contribution in [2.75, 3.05) is 26.2 Å². The van der Waals surface area contributed by atoms with Crippen molar-refractivity contribution in [3.05, 3.63) is 70.5 Å². The summed E-state index contributed by atoms with van der Waals surface area (Å²) in [5.74, 6) is 0.689. The summed E-state index contributed by atoms with van der Waals surface area (Å²) in [5, 5.41) is 3.70. The fourth-order valence-electron chi connectivity index (χ4n) is 4.37. The van der Waals surface area contributed by atoms with Gasteiger partial charge in [0.2, 0.25) is 5.91 Å². The van der Waals surface area contributed by atoms with Gasteiger partial charge in [0.1, 0.15) is 6.04 Å². The third-order valence-electron chi connectivity index (χ3n) is 6.27. The van der Waals surface area contributed by atoms with Gasteiger partial charge in [-0.05, 0) is 75.9 Å². The number of aromatic nitrogens is 1. The molecule has 3 aromatic rings. The molecule has 0 bridgehead atoms. The SMILES string of the molecule is CC(C(=O)NCCCN1CCC(Cc2ccccc2)CC1)n1sc2ccccc2c1=O. The molecule has 0 radical (unpaired) electrons. The zero-order valence-corrected chi connectivity index (χ0v) is 18.9. The Morgan fingerprint density at radius 1 is 1.10 bits per heavy atom. The minimum absolute atomic E-state index is 0.0818. The average molecular weight is 438 g/mol. The first-order valence-corrected chi connectivity index (χ1v) is 12.0. The monoisotopic (exact) mass is 437 g/mol. The number of nitrogens with one attached hydrogen (secondary N) is 1. The number of piperidine rings is 1. The molecule has 2 heterocycles. The minimum Gasteiger partial charge on any atom is -0.354 e. The number of hydrogen-bond acceptors (Lipinski definition) is 4. The Morgan fingerprint density at radius 3 is 2.55 bits per heavy atom. The van der Waals surface area contributed by atoms with E-state index in [9.17, 15) is 9.59 Å². The molecule has 5 nitrogen and oxygen atoms in total. The van der Waals surface area contributed by atoms with E-state index >= 15 is 0 Å². The average Bonchev–Trinajstić information content (AvgIpc) is 3.14. The molecular weight excluding hydrogens is 406 g/mol. The van der Waals surface area contributed by atoms with E-state index in [-0.39, 0.29) is 11.5 Å². The van der Waals surface area contributed by atoms with E-state index in [2.05, 4.69) is 40.5 Å². The summed E-state index contributed by atoms with van der Waals surface area (Å²) in [6.07, 6.45) is 4.60. The molecule has 0 spiro atoms. The Balaban J connectivity index is 1.17. The Bertz CT molecular complexity index is 1050. The second-order valence-electron chi connectivity index (χ2n) is 8.51. The van der Waals surface area contributed by atoms with Gasteiger partial charge in [-0.25, -0.2) is 0 Å². The van der Waals surface area contributed by atoms with Crippen molar-refractivity contribution in [3.8, 4) is 0 Å². The first-order valence-electron chi connectivity index (χ1n) is 11.3. The fourth-order valence-corrected chi connectivity index (χ4v) is 5.41. The second kappa shape index (κ2) is 10.2. The maximum atomic E-state index is 12.6. The van der Waals surface area contributed by atoms with E-state index in [0.29, 0.717) is 11.9 Å². The first kappa shape index (κ1) is 21.8. The number of nitrogens with zero attached hydrogens (tertiary/aromatic N) is 2. The molecule has 1 aliphatic rings. The molecule has 1 atom stereocenters. The number of carbonyl (C=O) groups is 1. The molecule has 1 N–H and O–H groups in total. The predicted octanol–water partition coefficient (Wildman–Crippen LogP) is 4.09. The van der Waals surface area contributed by atoms with Crippen molar-refractivity contribution >= 4 is 27.5 Å². The number of fused-ring (bicyclic) bond motifs is 1. The summed E-state index contributed by atoms with van der Waals surface area (Å²) in [6, 6.07) is 17.8. The molecule has 1 saturated heterocycles. The van der Waals surface area contributed by atoms with Crippen LogP contribution in [0.25, 0.3) is 10.1 Å². The minimum atomic E-state index is -0.487. The topological polar surface area (TPSA) is 54.3 Å². The third kappa shape index (κ3) is 5.43. The summed E-state index contributed by atoms with van der Waals surface area (Å²) in [7, 11) is 0. The highest BCUT2D eigenvalue weighted by Gasteiger charge is 2.21. The summed E-state index contributed by atoms with van der Waals surface area (Å²) >= 11 is 1.36. The number of likely N-dealkylation sites (tertiary alicyclic amines) is 1. The molecule has 0 aliphatic carbocycles. The quantitative estimate of drug-likeness (QED) is 0.540. The lowest BCUT2D eigenvalue weighted by Gasteiger charge is -2.32. The van der Waals surface area contributed by atoms with Crippen LogP contribution in [0.1, 0.15) is 37.8 Å². The van der Waals surface area contributed by atoms with Crippen molar-refractivity contribution in [1.29, 1.82) is 0 Å². The zero-order valence-electron chi connectivity index (χ0n) is 18.1. The van der Waals surface area contributed by atoms with Crippen LogP contribution in [0.2, 0.25) is 0 Å². The van der Waals surface area contributed by atoms with Gasteiger partial charge in [0.15, 0.2) is 0 Å². The summed E-state index contributed by atoms with van der Waals surface area (Å²) in [5.41, 5.74) is 1.36. The Kier molecular flexibility index (Phi) is 7.20. The van der Waals surface area contributed by atoms with Gasteiger partial charge in [-0.15, -0.1) is 0 Å². The van der Waals surface area contributed by atoms with Crippen molar-refractivity contribution in [3.63, 3.8) is 0 Å². The lowest BCUT2D eigenvalue weighted by Crippen LogP contribution is -2.38. The predicted molar refractivity (Wildman–Crippen MR) is 128 cm³/mol. The summed E-state index contributed by atoms with van der Waals surface area (Å²) < 4.78 is 2.50. The van der Waals surface area contributed by atoms with Crippen LogP contribution < -0.4 is 10.9 Å². The smallest absolute Gasteiger partial charge is 0.269 e. The fraction of sp³-hybridized carbons (Fsp3) is 0.440. The molecule has 2 aromatic carbocycles. The van der Waals surface area contributed by atoms with Gasteiger partial charge in [0.25, 0.3) is 5.56 Å². The van der Waals surface area contributed by atoms with Gasteiger partial charge in [-0.2, -0.15) is 0 Å². The zero-order chi connectivity index (χ0) is 21.6. The maximum Gasteiger partial charge on any atom is 0.269 e. The number of rotatable bonds is 8. The van der Waals surface area contributed by atoms with Crippen LogP contribution in [0, 0.1) is 5.92 Å². The van der Waals surface area contributed by atoms with Crippen LogP contribution in [-0.2, 0) is 11.2 Å². The van der Waals surface area contributed by atoms with E-state index in [0.717, 1.165) is 36.7 Å². The van der Waals surface area contributed by atoms with Crippen molar-refractivity contribution in [2.45, 2.75) is 38.6 Å². The van der Waals surface area contributed by atoms with Crippen LogP contribution in [0.4, 0.5) is 0 Å². The van der Waals surface area contributed by atoms with Gasteiger partial charge in [0.05, 0.1) is 10.1 Å². The van der Waals surface area contributed by atoms with E-state index in [4.69, 9.17) is 0 Å². The molecule has 6 heteroatoms. The van der Waals surface area contributed by atoms with Crippen LogP contribution in [0.3, 0.4) is 0 Å². The van der Waals surface area contributed by atoms with Gasteiger partial charge in [-0.1, -0.05) is 54.0 Å². The van der Waals surface area contributed by atoms with E-state index in [1.165, 1.54) is 36.4 Å². The van der Waals surface area contributed by atoms with E-state index in [1.54, 1.807) is 10.9 Å². The van der Waals surface area contributed by atoms with E-state index in [1.807, 2.05) is 24.3 Å². The molecule has 4 rings (SSSR count). The normalized spacial score (nSPS) is 16.4. The van der Waals surface area contributed by atoms with Crippen molar-refractivity contribution < 1.29 is 4.79 Å². The van der Waals surface area contributed by atoms with Crippen LogP contribution in [-0.4, -0.2) is 40.9 Å². The van der Waals surface area contributed by atoms with E-state index < -0.39 is 6.04 Å². The van der Waals surface area contributed by atoms with Crippen LogP contribution in [0.15, 0.2) is 59.4 Å². The lowest BCUT2D eigenvalue weighted by molar-refractivity contribution is -0.123. The van der Waals surface area contributed by atoms with Gasteiger partial charge < -0.3 is 10.2 Å². The number of amides is 1. The van der Waals surface area contributed by atoms with Crippen LogP contribution in [0.5, 0.6) is 0 Å². The highest BCUT2D eigenvalue weighted by atomic mass is 32.1. The molecule has 1 aromatic heterocycles. The van der Waals surface area contributed by atoms with Crippen LogP contribution >= 0.6 is 11.5 Å². The van der Waals surface area contributed by atoms with Crippen molar-refractivity contribution in [1.82, 2.24) is 14.2 Å². The molecule has 1 unspecified atom stereocenters. The highest BCUT2D eigenvalue weighted by Crippen LogP contribution is 2.22. The standard InChI is InChI=1S/C25H31N3O2S/c1-19(28-25(30)22-10-5-6-11-23(22)31-28)24(29)26-14-7-15-27-16-12-21(13-17-27)18-20-8-3-2-4-9-20/h2-6,8-11,19,21H,7,12-18H2,1H3,(H,26,29). The number of benzene rings is 2. The highest BCUT2D eigenvalue weighted by molar-refractivity contribution is 7.14. The number of carbonyl (C=O) groups excluding carboxylic acids is 1. The largest absolute Gasteiger partial charge is 0.354 e. The Hall–Kier alpha value is -2.44.